The van der Waals surface area contributed by atoms with Gasteiger partial charge in [0.1, 0.15) is 5.75 Å². The Morgan fingerprint density at radius 3 is 2.30 bits per heavy atom. The molecule has 0 aliphatic heterocycles. The predicted molar refractivity (Wildman–Crippen MR) is 82.9 cm³/mol. The molecular weight excluding hydrogens is 248 g/mol. The highest BCUT2D eigenvalue weighted by atomic mass is 16.5. The maximum atomic E-state index is 10.5. The van der Waals surface area contributed by atoms with Gasteiger partial charge in [-0.2, -0.15) is 0 Å². The maximum absolute atomic E-state index is 10.5. The smallest absolute Gasteiger partial charge is 0.119 e. The lowest BCUT2D eigenvalue weighted by Crippen LogP contribution is -2.20. The van der Waals surface area contributed by atoms with Crippen LogP contribution in [0.4, 0.5) is 0 Å². The minimum atomic E-state index is -0.312. The lowest BCUT2D eigenvalue weighted by molar-refractivity contribution is 0.0722. The maximum Gasteiger partial charge on any atom is 0.119 e. The van der Waals surface area contributed by atoms with Gasteiger partial charge in [0.15, 0.2) is 0 Å². The molecule has 1 aromatic carbocycles. The molecule has 0 amide bonds. The molecule has 1 aromatic rings. The quantitative estimate of drug-likeness (QED) is 0.814. The summed E-state index contributed by atoms with van der Waals surface area (Å²) in [5.74, 6) is 2.21. The largest absolute Gasteiger partial charge is 0.494 e. The molecule has 1 aliphatic rings. The van der Waals surface area contributed by atoms with Crippen molar-refractivity contribution in [3.8, 4) is 5.75 Å². The summed E-state index contributed by atoms with van der Waals surface area (Å²) in [6.45, 7) is 4.93. The van der Waals surface area contributed by atoms with Gasteiger partial charge >= 0.3 is 0 Å². The molecule has 1 saturated carbocycles. The topological polar surface area (TPSA) is 29.5 Å². The minimum Gasteiger partial charge on any atom is -0.494 e. The molecule has 0 spiro atoms. The Hall–Kier alpha value is -1.02. The van der Waals surface area contributed by atoms with Crippen molar-refractivity contribution < 1.29 is 9.84 Å². The summed E-state index contributed by atoms with van der Waals surface area (Å²) in [5.41, 5.74) is 1.03. The van der Waals surface area contributed by atoms with Gasteiger partial charge in [-0.15, -0.1) is 0 Å². The first kappa shape index (κ1) is 15.4. The van der Waals surface area contributed by atoms with Crippen molar-refractivity contribution in [2.24, 2.45) is 11.8 Å². The number of benzene rings is 1. The number of aliphatic hydroxyl groups is 1. The molecule has 2 rings (SSSR count). The standard InChI is InChI=1S/C18H28O2/c1-3-5-14-6-8-15(9-7-14)18(19)16-10-12-17(13-11-16)20-4-2/h10-15,18-19H,3-9H2,1-2H3. The molecule has 0 saturated heterocycles. The summed E-state index contributed by atoms with van der Waals surface area (Å²) in [6.07, 6.45) is 7.23. The second-order valence-corrected chi connectivity index (χ2v) is 6.02. The fourth-order valence-corrected chi connectivity index (χ4v) is 3.40. The Bertz CT molecular complexity index is 377. The van der Waals surface area contributed by atoms with E-state index in [1.54, 1.807) is 0 Å². The average molecular weight is 276 g/mol. The zero-order valence-corrected chi connectivity index (χ0v) is 12.8. The molecule has 2 nitrogen and oxygen atoms in total. The summed E-state index contributed by atoms with van der Waals surface area (Å²) >= 11 is 0. The van der Waals surface area contributed by atoms with Crippen molar-refractivity contribution in [3.63, 3.8) is 0 Å². The molecule has 112 valence electrons. The second kappa shape index (κ2) is 7.68. The first-order valence-electron chi connectivity index (χ1n) is 8.15. The van der Waals surface area contributed by atoms with Gasteiger partial charge < -0.3 is 9.84 Å². The van der Waals surface area contributed by atoms with Gasteiger partial charge in [0, 0.05) is 0 Å². The van der Waals surface area contributed by atoms with Crippen LogP contribution in [0.3, 0.4) is 0 Å². The van der Waals surface area contributed by atoms with Crippen LogP contribution in [0.1, 0.15) is 64.0 Å². The molecular formula is C18H28O2. The summed E-state index contributed by atoms with van der Waals surface area (Å²) in [6, 6.07) is 7.94. The third-order valence-electron chi connectivity index (χ3n) is 4.57. The highest BCUT2D eigenvalue weighted by Crippen LogP contribution is 2.38. The van der Waals surface area contributed by atoms with Crippen LogP contribution in [0, 0.1) is 11.8 Å². The fraction of sp³-hybridized carbons (Fsp3) is 0.667. The highest BCUT2D eigenvalue weighted by molar-refractivity contribution is 5.28. The molecule has 1 fully saturated rings. The van der Waals surface area contributed by atoms with E-state index in [0.29, 0.717) is 12.5 Å². The normalized spacial score (nSPS) is 24.4. The van der Waals surface area contributed by atoms with E-state index in [0.717, 1.165) is 17.2 Å². The third kappa shape index (κ3) is 3.99. The molecule has 20 heavy (non-hydrogen) atoms. The van der Waals surface area contributed by atoms with Crippen LogP contribution in [0.15, 0.2) is 24.3 Å². The Kier molecular flexibility index (Phi) is 5.90. The molecule has 1 unspecified atom stereocenters. The van der Waals surface area contributed by atoms with E-state index < -0.39 is 0 Å². The Balaban J connectivity index is 1.89. The van der Waals surface area contributed by atoms with E-state index in [1.165, 1.54) is 38.5 Å². The van der Waals surface area contributed by atoms with Crippen molar-refractivity contribution in [3.05, 3.63) is 29.8 Å². The first-order chi connectivity index (χ1) is 9.74. The van der Waals surface area contributed by atoms with Crippen molar-refractivity contribution in [1.82, 2.24) is 0 Å². The van der Waals surface area contributed by atoms with E-state index in [-0.39, 0.29) is 6.10 Å². The van der Waals surface area contributed by atoms with Gasteiger partial charge in [-0.1, -0.05) is 44.7 Å². The first-order valence-corrected chi connectivity index (χ1v) is 8.15. The van der Waals surface area contributed by atoms with E-state index in [1.807, 2.05) is 31.2 Å². The van der Waals surface area contributed by atoms with Gasteiger partial charge in [0.2, 0.25) is 0 Å². The number of rotatable bonds is 6. The van der Waals surface area contributed by atoms with Crippen LogP contribution in [0.2, 0.25) is 0 Å². The van der Waals surface area contributed by atoms with Gasteiger partial charge in [0.05, 0.1) is 12.7 Å². The van der Waals surface area contributed by atoms with Crippen LogP contribution < -0.4 is 4.74 Å². The summed E-state index contributed by atoms with van der Waals surface area (Å²) in [7, 11) is 0. The van der Waals surface area contributed by atoms with E-state index >= 15 is 0 Å². The van der Waals surface area contributed by atoms with Gasteiger partial charge in [-0.3, -0.25) is 0 Å². The van der Waals surface area contributed by atoms with Crippen LogP contribution in [0.5, 0.6) is 5.75 Å². The molecule has 1 N–H and O–H groups in total. The van der Waals surface area contributed by atoms with Crippen LogP contribution in [-0.4, -0.2) is 11.7 Å². The molecule has 0 heterocycles. The van der Waals surface area contributed by atoms with Crippen molar-refractivity contribution in [2.45, 2.75) is 58.5 Å². The van der Waals surface area contributed by atoms with E-state index in [2.05, 4.69) is 6.92 Å². The van der Waals surface area contributed by atoms with Gasteiger partial charge in [-0.05, 0) is 49.3 Å². The van der Waals surface area contributed by atoms with Gasteiger partial charge in [0.25, 0.3) is 0 Å². The monoisotopic (exact) mass is 276 g/mol. The van der Waals surface area contributed by atoms with Crippen LogP contribution in [-0.2, 0) is 0 Å². The zero-order valence-electron chi connectivity index (χ0n) is 12.8. The zero-order chi connectivity index (χ0) is 14.4. The summed E-state index contributed by atoms with van der Waals surface area (Å²) in [5, 5.41) is 10.5. The summed E-state index contributed by atoms with van der Waals surface area (Å²) in [4.78, 5) is 0. The summed E-state index contributed by atoms with van der Waals surface area (Å²) < 4.78 is 5.45. The predicted octanol–water partition coefficient (Wildman–Crippen LogP) is 4.73. The SMILES string of the molecule is CCCC1CCC(C(O)c2ccc(OCC)cc2)CC1. The molecule has 1 aliphatic carbocycles. The Labute approximate surface area is 123 Å². The minimum absolute atomic E-state index is 0.312. The van der Waals surface area contributed by atoms with E-state index in [9.17, 15) is 5.11 Å². The third-order valence-corrected chi connectivity index (χ3v) is 4.57. The molecule has 2 heteroatoms. The van der Waals surface area contributed by atoms with Crippen molar-refractivity contribution in [2.75, 3.05) is 6.61 Å². The number of ether oxygens (including phenoxy) is 1. The number of hydrogen-bond donors (Lipinski definition) is 1. The number of hydrogen-bond acceptors (Lipinski definition) is 2. The van der Waals surface area contributed by atoms with E-state index in [4.69, 9.17) is 4.74 Å². The fourth-order valence-electron chi connectivity index (χ4n) is 3.40. The molecule has 0 aromatic heterocycles. The number of aliphatic hydroxyl groups excluding tert-OH is 1. The lowest BCUT2D eigenvalue weighted by atomic mass is 9.76. The highest BCUT2D eigenvalue weighted by Gasteiger charge is 2.26. The lowest BCUT2D eigenvalue weighted by Gasteiger charge is -2.31. The Morgan fingerprint density at radius 2 is 1.75 bits per heavy atom. The second-order valence-electron chi connectivity index (χ2n) is 6.02. The molecule has 0 radical (unpaired) electrons. The van der Waals surface area contributed by atoms with Crippen LogP contribution >= 0.6 is 0 Å². The van der Waals surface area contributed by atoms with Crippen molar-refractivity contribution in [1.29, 1.82) is 0 Å². The molecule has 1 atom stereocenters. The average Bonchev–Trinajstić information content (AvgIpc) is 2.49. The van der Waals surface area contributed by atoms with Crippen molar-refractivity contribution >= 4 is 0 Å². The molecule has 0 bridgehead atoms. The van der Waals surface area contributed by atoms with Crippen LogP contribution in [0.25, 0.3) is 0 Å². The Morgan fingerprint density at radius 1 is 1.10 bits per heavy atom. The van der Waals surface area contributed by atoms with Gasteiger partial charge in [-0.25, -0.2) is 0 Å².